The van der Waals surface area contributed by atoms with Crippen LogP contribution < -0.4 is 21.3 Å². The first-order valence-corrected chi connectivity index (χ1v) is 12.9. The highest BCUT2D eigenvalue weighted by atomic mass is 19.4. The van der Waals surface area contributed by atoms with Gasteiger partial charge in [-0.2, -0.15) is 105 Å². The number of guanidine groups is 2. The Morgan fingerprint density at radius 2 is 0.500 bits per heavy atom. The average molecular weight is 828 g/mol. The lowest BCUT2D eigenvalue weighted by Gasteiger charge is -2.50. The summed E-state index contributed by atoms with van der Waals surface area (Å²) in [6, 6.07) is 0. The number of aliphatic imine (C=N–C) groups is 2. The van der Waals surface area contributed by atoms with Crippen LogP contribution in [0.5, 0.6) is 0 Å². The molecule has 0 aromatic heterocycles. The predicted molar refractivity (Wildman–Crippen MR) is 117 cm³/mol. The van der Waals surface area contributed by atoms with Gasteiger partial charge in [0, 0.05) is 13.1 Å². The molecule has 52 heavy (non-hydrogen) atoms. The second kappa shape index (κ2) is 13.3. The minimum Gasteiger partial charge on any atom is -0.313 e. The molecule has 2 fully saturated rings. The second-order valence-corrected chi connectivity index (χ2v) is 10.3. The van der Waals surface area contributed by atoms with Crippen molar-refractivity contribution in [3.63, 3.8) is 0 Å². The third-order valence-electron chi connectivity index (χ3n) is 6.59. The minimum atomic E-state index is -7.08. The van der Waals surface area contributed by atoms with Crippen molar-refractivity contribution < 1.29 is 115 Å². The molecule has 8 nitrogen and oxygen atoms in total. The molecule has 0 atom stereocenters. The number of ether oxygens (including phenoxy) is 2. The third kappa shape index (κ3) is 7.85. The molecule has 32 heteroatoms. The van der Waals surface area contributed by atoms with Crippen LogP contribution in [-0.2, 0) is 9.47 Å². The average Bonchev–Trinajstić information content (AvgIpc) is 2.89. The highest BCUT2D eigenvalue weighted by Gasteiger charge is 2.87. The first kappa shape index (κ1) is 44.9. The van der Waals surface area contributed by atoms with Gasteiger partial charge in [-0.25, -0.2) is 0 Å². The van der Waals surface area contributed by atoms with Gasteiger partial charge in [-0.1, -0.05) is 12.8 Å². The van der Waals surface area contributed by atoms with Crippen LogP contribution in [0.1, 0.15) is 25.7 Å². The first-order chi connectivity index (χ1) is 22.8. The van der Waals surface area contributed by atoms with Gasteiger partial charge >= 0.3 is 72.3 Å². The highest BCUT2D eigenvalue weighted by molar-refractivity contribution is 5.83. The Labute approximate surface area is 270 Å². The fraction of sp³-hybridized carbons (Fsp3) is 0.900. The number of hydrogen-bond donors (Lipinski definition) is 4. The van der Waals surface area contributed by atoms with E-state index in [2.05, 4.69) is 19.5 Å². The maximum atomic E-state index is 13.4. The monoisotopic (exact) mass is 828 g/mol. The minimum absolute atomic E-state index is 0.253. The summed E-state index contributed by atoms with van der Waals surface area (Å²) < 4.78 is 328. The number of alkyl halides is 24. The van der Waals surface area contributed by atoms with E-state index in [1.807, 2.05) is 0 Å². The Morgan fingerprint density at radius 3 is 0.654 bits per heavy atom. The Bertz CT molecular complexity index is 1080. The molecule has 2 aliphatic heterocycles. The standard InChI is InChI=1S/C20H16F24N6O2/c21-13(22,23)9(14(24,25)26)47-7(48-10(51-9,15(27,28)29)16(30,31)32)45-5-3-1-2-4-6-46-8-49-11(17(33,34)35,18(36,37)38)52-12(50-8,19(39,40)41)20(42,43)44/h1-6H2,(H2,45,47,48)(H2,46,49,50). The summed E-state index contributed by atoms with van der Waals surface area (Å²) in [5.74, 6) is -4.82. The highest BCUT2D eigenvalue weighted by Crippen LogP contribution is 2.56. The van der Waals surface area contributed by atoms with Crippen molar-refractivity contribution in [3.05, 3.63) is 0 Å². The van der Waals surface area contributed by atoms with Gasteiger partial charge in [0.1, 0.15) is 0 Å². The summed E-state index contributed by atoms with van der Waals surface area (Å²) >= 11 is 0. The lowest BCUT2D eigenvalue weighted by atomic mass is 10.1. The SMILES string of the molecule is FC(F)(F)C1(C(F)(F)F)NC(=NCCCCCCN=C2NC(C(F)(F)F)(C(F)(F)F)OC(C(F)(F)F)(C(F)(F)F)N2)NC(C(F)(F)F)(C(F)(F)F)O1. The van der Waals surface area contributed by atoms with Crippen LogP contribution in [0, 0.1) is 0 Å². The molecular weight excluding hydrogens is 812 g/mol. The molecule has 0 amide bonds. The number of rotatable bonds is 7. The van der Waals surface area contributed by atoms with E-state index >= 15 is 0 Å². The molecule has 0 unspecified atom stereocenters. The van der Waals surface area contributed by atoms with E-state index < -0.39 is 123 Å². The Kier molecular flexibility index (Phi) is 11.5. The van der Waals surface area contributed by atoms with E-state index in [-0.39, 0.29) is 21.3 Å². The molecule has 0 spiro atoms. The maximum absolute atomic E-state index is 13.4. The molecule has 0 saturated carbocycles. The maximum Gasteiger partial charge on any atom is 0.446 e. The molecular formula is C20H16F24N6O2. The summed E-state index contributed by atoms with van der Waals surface area (Å²) in [4.78, 5) is 5.54. The van der Waals surface area contributed by atoms with Crippen molar-refractivity contribution >= 4 is 11.9 Å². The van der Waals surface area contributed by atoms with Crippen molar-refractivity contribution in [1.29, 1.82) is 0 Å². The summed E-state index contributed by atoms with van der Waals surface area (Å²) in [7, 11) is 0. The van der Waals surface area contributed by atoms with Crippen molar-refractivity contribution in [3.8, 4) is 0 Å². The predicted octanol–water partition coefficient (Wildman–Crippen LogP) is 6.96. The zero-order valence-corrected chi connectivity index (χ0v) is 24.0. The van der Waals surface area contributed by atoms with Crippen LogP contribution in [0.15, 0.2) is 9.98 Å². The Hall–Kier alpha value is -3.22. The first-order valence-electron chi connectivity index (χ1n) is 12.9. The Balaban J connectivity index is 2.30. The largest absolute Gasteiger partial charge is 0.446 e. The van der Waals surface area contributed by atoms with E-state index in [9.17, 15) is 105 Å². The van der Waals surface area contributed by atoms with Crippen molar-refractivity contribution in [2.75, 3.05) is 13.1 Å². The van der Waals surface area contributed by atoms with Gasteiger partial charge in [0.2, 0.25) is 0 Å². The summed E-state index contributed by atoms with van der Waals surface area (Å²) in [5.41, 5.74) is -25.5. The molecule has 0 aromatic carbocycles. The van der Waals surface area contributed by atoms with Gasteiger partial charge in [0.25, 0.3) is 0 Å². The topological polar surface area (TPSA) is 91.3 Å². The zero-order valence-electron chi connectivity index (χ0n) is 24.0. The molecule has 2 rings (SSSR count). The molecule has 0 aromatic rings. The molecule has 2 saturated heterocycles. The fourth-order valence-corrected chi connectivity index (χ4v) is 4.08. The lowest BCUT2D eigenvalue weighted by Crippen LogP contribution is -2.85. The Morgan fingerprint density at radius 1 is 0.327 bits per heavy atom. The van der Waals surface area contributed by atoms with E-state index in [1.54, 1.807) is 0 Å². The summed E-state index contributed by atoms with van der Waals surface area (Å²) in [5, 5.41) is 1.01. The van der Waals surface area contributed by atoms with E-state index in [4.69, 9.17) is 0 Å². The van der Waals surface area contributed by atoms with Gasteiger partial charge in [0.05, 0.1) is 0 Å². The van der Waals surface area contributed by atoms with Gasteiger partial charge < -0.3 is 21.3 Å². The number of nitrogens with one attached hydrogen (secondary N) is 4. The molecule has 0 aliphatic carbocycles. The van der Waals surface area contributed by atoms with Gasteiger partial charge in [-0.3, -0.25) is 19.5 Å². The second-order valence-electron chi connectivity index (χ2n) is 10.3. The van der Waals surface area contributed by atoms with Gasteiger partial charge in [0.15, 0.2) is 11.9 Å². The quantitative estimate of drug-likeness (QED) is 0.164. The number of nitrogens with zero attached hydrogens (tertiary/aromatic N) is 2. The van der Waals surface area contributed by atoms with E-state index in [0.717, 1.165) is 0 Å². The van der Waals surface area contributed by atoms with Crippen LogP contribution >= 0.6 is 0 Å². The normalized spacial score (nSPS) is 21.4. The lowest BCUT2D eigenvalue weighted by molar-refractivity contribution is -0.483. The van der Waals surface area contributed by atoms with Crippen LogP contribution in [0.25, 0.3) is 0 Å². The van der Waals surface area contributed by atoms with Crippen molar-refractivity contribution in [2.45, 2.75) is 98.0 Å². The third-order valence-corrected chi connectivity index (χ3v) is 6.59. The van der Waals surface area contributed by atoms with Crippen LogP contribution in [0.3, 0.4) is 0 Å². The fourth-order valence-electron chi connectivity index (χ4n) is 4.08. The molecule has 2 aliphatic rings. The molecule has 2 heterocycles. The van der Waals surface area contributed by atoms with Crippen LogP contribution in [0.4, 0.5) is 105 Å². The van der Waals surface area contributed by atoms with Crippen molar-refractivity contribution in [1.82, 2.24) is 21.3 Å². The van der Waals surface area contributed by atoms with E-state index in [0.29, 0.717) is 0 Å². The summed E-state index contributed by atoms with van der Waals surface area (Å²) in [6.07, 6.45) is -59.1. The van der Waals surface area contributed by atoms with E-state index in [1.165, 1.54) is 0 Å². The van der Waals surface area contributed by atoms with Crippen LogP contribution in [0.2, 0.25) is 0 Å². The van der Waals surface area contributed by atoms with Gasteiger partial charge in [-0.15, -0.1) is 0 Å². The summed E-state index contributed by atoms with van der Waals surface area (Å²) in [6.45, 7) is -2.44. The molecule has 4 N–H and O–H groups in total. The molecule has 0 radical (unpaired) electrons. The molecule has 0 bridgehead atoms. The van der Waals surface area contributed by atoms with Crippen LogP contribution in [-0.4, -0.2) is 97.3 Å². The van der Waals surface area contributed by atoms with Gasteiger partial charge in [-0.05, 0) is 12.8 Å². The number of halogens is 24. The zero-order chi connectivity index (χ0) is 41.1. The number of hydrogen-bond acceptors (Lipinski definition) is 4. The smallest absolute Gasteiger partial charge is 0.313 e. The van der Waals surface area contributed by atoms with Crippen molar-refractivity contribution in [2.24, 2.45) is 9.98 Å². The molecule has 306 valence electrons. The number of unbranched alkanes of at least 4 members (excludes halogenated alkanes) is 3.